The third-order valence-electron chi connectivity index (χ3n) is 3.75. The molecule has 142 valence electrons. The predicted octanol–water partition coefficient (Wildman–Crippen LogP) is 4.78. The fourth-order valence-corrected chi connectivity index (χ4v) is 3.35. The van der Waals surface area contributed by atoms with Crippen molar-refractivity contribution in [2.75, 3.05) is 26.7 Å². The molecule has 0 aromatic heterocycles. The molecule has 0 heterocycles. The van der Waals surface area contributed by atoms with Gasteiger partial charge in [0.25, 0.3) is 0 Å². The Bertz CT molecular complexity index is 698. The number of ether oxygens (including phenoxy) is 2. The Balaban J connectivity index is 2.05. The minimum Gasteiger partial charge on any atom is -0.490 e. The second-order valence-corrected chi connectivity index (χ2v) is 7.18. The van der Waals surface area contributed by atoms with Gasteiger partial charge in [0.1, 0.15) is 6.61 Å². The van der Waals surface area contributed by atoms with Crippen LogP contribution in [0.5, 0.6) is 11.5 Å². The van der Waals surface area contributed by atoms with Gasteiger partial charge in [-0.1, -0.05) is 23.7 Å². The monoisotopic (exact) mass is 440 g/mol. The maximum atomic E-state index is 6.04. The fourth-order valence-electron chi connectivity index (χ4n) is 2.53. The van der Waals surface area contributed by atoms with Gasteiger partial charge in [0, 0.05) is 11.6 Å². The minimum absolute atomic E-state index is 0.431. The average molecular weight is 442 g/mol. The molecule has 0 aliphatic carbocycles. The highest BCUT2D eigenvalue weighted by molar-refractivity contribution is 9.10. The van der Waals surface area contributed by atoms with Crippen molar-refractivity contribution in [1.82, 2.24) is 10.6 Å². The summed E-state index contributed by atoms with van der Waals surface area (Å²) in [6, 6.07) is 11.8. The van der Waals surface area contributed by atoms with Gasteiger partial charge < -0.3 is 20.1 Å². The van der Waals surface area contributed by atoms with Gasteiger partial charge >= 0.3 is 0 Å². The Morgan fingerprint density at radius 2 is 1.92 bits per heavy atom. The molecule has 0 unspecified atom stereocenters. The molecule has 0 spiro atoms. The van der Waals surface area contributed by atoms with E-state index >= 15 is 0 Å². The maximum Gasteiger partial charge on any atom is 0.175 e. The third kappa shape index (κ3) is 6.80. The van der Waals surface area contributed by atoms with Gasteiger partial charge in [-0.25, -0.2) is 0 Å². The van der Waals surface area contributed by atoms with E-state index in [-0.39, 0.29) is 0 Å². The zero-order chi connectivity index (χ0) is 18.8. The van der Waals surface area contributed by atoms with Crippen LogP contribution in [0.15, 0.2) is 40.9 Å². The molecular weight excluding hydrogens is 416 g/mol. The van der Waals surface area contributed by atoms with E-state index in [1.54, 1.807) is 0 Å². The summed E-state index contributed by atoms with van der Waals surface area (Å²) >= 11 is 9.66. The molecule has 2 aromatic carbocycles. The Labute approximate surface area is 169 Å². The van der Waals surface area contributed by atoms with E-state index in [2.05, 4.69) is 32.6 Å². The molecule has 2 rings (SSSR count). The minimum atomic E-state index is 0.431. The lowest BCUT2D eigenvalue weighted by atomic mass is 10.2. The molecule has 0 saturated carbocycles. The van der Waals surface area contributed by atoms with Gasteiger partial charge in [-0.15, -0.1) is 0 Å². The SMILES string of the molecule is CCOc1cc(CNCCCNC)cc(Br)c1OCc1cccc(Cl)c1. The number of nitrogens with one attached hydrogen (secondary N) is 2. The van der Waals surface area contributed by atoms with E-state index in [0.29, 0.717) is 24.0 Å². The second-order valence-electron chi connectivity index (χ2n) is 5.89. The summed E-state index contributed by atoms with van der Waals surface area (Å²) in [5.41, 5.74) is 2.17. The van der Waals surface area contributed by atoms with Crippen molar-refractivity contribution >= 4 is 27.5 Å². The quantitative estimate of drug-likeness (QED) is 0.493. The lowest BCUT2D eigenvalue weighted by molar-refractivity contribution is 0.267. The van der Waals surface area contributed by atoms with Crippen LogP contribution in [0.25, 0.3) is 0 Å². The number of halogens is 2. The van der Waals surface area contributed by atoms with Crippen LogP contribution < -0.4 is 20.1 Å². The van der Waals surface area contributed by atoms with E-state index < -0.39 is 0 Å². The van der Waals surface area contributed by atoms with Gasteiger partial charge in [0.15, 0.2) is 11.5 Å². The number of hydrogen-bond acceptors (Lipinski definition) is 4. The second kappa shape index (κ2) is 11.4. The van der Waals surface area contributed by atoms with Crippen LogP contribution in [-0.2, 0) is 13.2 Å². The summed E-state index contributed by atoms with van der Waals surface area (Å²) < 4.78 is 12.7. The maximum absolute atomic E-state index is 6.04. The molecule has 0 aliphatic heterocycles. The highest BCUT2D eigenvalue weighted by Gasteiger charge is 2.13. The molecule has 0 amide bonds. The molecule has 6 heteroatoms. The number of hydrogen-bond donors (Lipinski definition) is 2. The topological polar surface area (TPSA) is 42.5 Å². The first-order valence-corrected chi connectivity index (χ1v) is 9.99. The van der Waals surface area contributed by atoms with E-state index in [1.165, 1.54) is 0 Å². The zero-order valence-electron chi connectivity index (χ0n) is 15.3. The van der Waals surface area contributed by atoms with Crippen LogP contribution in [0.2, 0.25) is 5.02 Å². The molecule has 0 atom stereocenters. The Kier molecular flexibility index (Phi) is 9.26. The van der Waals surface area contributed by atoms with Crippen LogP contribution in [0.1, 0.15) is 24.5 Å². The van der Waals surface area contributed by atoms with Crippen molar-refractivity contribution in [3.63, 3.8) is 0 Å². The lowest BCUT2D eigenvalue weighted by Crippen LogP contribution is -2.19. The first-order valence-electron chi connectivity index (χ1n) is 8.81. The van der Waals surface area contributed by atoms with Crippen LogP contribution in [-0.4, -0.2) is 26.7 Å². The molecule has 0 saturated heterocycles. The van der Waals surface area contributed by atoms with E-state index in [4.69, 9.17) is 21.1 Å². The molecule has 0 radical (unpaired) electrons. The molecule has 0 aliphatic rings. The molecule has 2 N–H and O–H groups in total. The standard InChI is InChI=1S/C20H26BrClN2O2/c1-3-25-19-12-16(13-24-9-5-8-23-2)11-18(21)20(19)26-14-15-6-4-7-17(22)10-15/h4,6-7,10-12,23-24H,3,5,8-9,13-14H2,1-2H3. The van der Waals surface area contributed by atoms with E-state index in [0.717, 1.165) is 47.4 Å². The summed E-state index contributed by atoms with van der Waals surface area (Å²) in [4.78, 5) is 0. The Morgan fingerprint density at radius 3 is 2.65 bits per heavy atom. The smallest absolute Gasteiger partial charge is 0.175 e. The molecule has 4 nitrogen and oxygen atoms in total. The van der Waals surface area contributed by atoms with Gasteiger partial charge in [-0.05, 0) is 84.8 Å². The Morgan fingerprint density at radius 1 is 1.08 bits per heavy atom. The van der Waals surface area contributed by atoms with E-state index in [9.17, 15) is 0 Å². The predicted molar refractivity (Wildman–Crippen MR) is 111 cm³/mol. The first-order chi connectivity index (χ1) is 12.6. The van der Waals surface area contributed by atoms with Crippen molar-refractivity contribution in [2.45, 2.75) is 26.5 Å². The Hall–Kier alpha value is -1.27. The molecular formula is C20H26BrClN2O2. The van der Waals surface area contributed by atoms with Crippen molar-refractivity contribution in [2.24, 2.45) is 0 Å². The largest absolute Gasteiger partial charge is 0.490 e. The highest BCUT2D eigenvalue weighted by atomic mass is 79.9. The summed E-state index contributed by atoms with van der Waals surface area (Å²) in [6.45, 7) is 5.75. The van der Waals surface area contributed by atoms with Crippen LogP contribution >= 0.6 is 27.5 Å². The summed E-state index contributed by atoms with van der Waals surface area (Å²) in [5.74, 6) is 1.46. The van der Waals surface area contributed by atoms with Crippen LogP contribution in [0, 0.1) is 0 Å². The van der Waals surface area contributed by atoms with Crippen LogP contribution in [0.3, 0.4) is 0 Å². The normalized spacial score (nSPS) is 10.8. The van der Waals surface area contributed by atoms with Crippen molar-refractivity contribution < 1.29 is 9.47 Å². The van der Waals surface area contributed by atoms with Crippen molar-refractivity contribution in [3.05, 3.63) is 57.0 Å². The van der Waals surface area contributed by atoms with Crippen LogP contribution in [0.4, 0.5) is 0 Å². The fraction of sp³-hybridized carbons (Fsp3) is 0.400. The molecule has 0 fully saturated rings. The van der Waals surface area contributed by atoms with Gasteiger partial charge in [-0.3, -0.25) is 0 Å². The van der Waals surface area contributed by atoms with Gasteiger partial charge in [-0.2, -0.15) is 0 Å². The van der Waals surface area contributed by atoms with Crippen molar-refractivity contribution in [1.29, 1.82) is 0 Å². The third-order valence-corrected chi connectivity index (χ3v) is 4.57. The highest BCUT2D eigenvalue weighted by Crippen LogP contribution is 2.37. The lowest BCUT2D eigenvalue weighted by Gasteiger charge is -2.16. The molecule has 2 aromatic rings. The summed E-state index contributed by atoms with van der Waals surface area (Å²) in [7, 11) is 1.97. The zero-order valence-corrected chi connectivity index (χ0v) is 17.6. The number of benzene rings is 2. The average Bonchev–Trinajstić information content (AvgIpc) is 2.61. The van der Waals surface area contributed by atoms with Crippen molar-refractivity contribution in [3.8, 4) is 11.5 Å². The first kappa shape index (κ1) is 21.0. The number of rotatable bonds is 11. The molecule has 26 heavy (non-hydrogen) atoms. The van der Waals surface area contributed by atoms with Gasteiger partial charge in [0.05, 0.1) is 11.1 Å². The van der Waals surface area contributed by atoms with E-state index in [1.807, 2.05) is 44.3 Å². The molecule has 0 bridgehead atoms. The summed E-state index contributed by atoms with van der Waals surface area (Å²) in [5, 5.41) is 7.30. The summed E-state index contributed by atoms with van der Waals surface area (Å²) in [6.07, 6.45) is 1.09. The van der Waals surface area contributed by atoms with Gasteiger partial charge in [0.2, 0.25) is 0 Å².